The zero-order valence-electron chi connectivity index (χ0n) is 21.7. The van der Waals surface area contributed by atoms with Gasteiger partial charge in [-0.05, 0) is 97.2 Å². The molecular formula is C30H35BrO6. The van der Waals surface area contributed by atoms with Gasteiger partial charge in [-0.1, -0.05) is 34.1 Å². The van der Waals surface area contributed by atoms with Crippen molar-refractivity contribution in [3.63, 3.8) is 0 Å². The van der Waals surface area contributed by atoms with Crippen molar-refractivity contribution in [1.82, 2.24) is 0 Å². The number of fused-ring (bicyclic) bond motifs is 5. The quantitative estimate of drug-likeness (QED) is 0.380. The monoisotopic (exact) mass is 570 g/mol. The normalized spacial score (nSPS) is 29.4. The molecule has 7 heteroatoms. The van der Waals surface area contributed by atoms with Gasteiger partial charge in [0.1, 0.15) is 5.75 Å². The van der Waals surface area contributed by atoms with Gasteiger partial charge < -0.3 is 19.3 Å². The van der Waals surface area contributed by atoms with E-state index in [1.807, 2.05) is 30.3 Å². The first-order valence-corrected chi connectivity index (χ1v) is 13.9. The fourth-order valence-electron chi connectivity index (χ4n) is 8.37. The van der Waals surface area contributed by atoms with E-state index >= 15 is 0 Å². The lowest BCUT2D eigenvalue weighted by atomic mass is 9.43. The lowest BCUT2D eigenvalue weighted by Crippen LogP contribution is -2.61. The van der Waals surface area contributed by atoms with Gasteiger partial charge in [-0.15, -0.1) is 0 Å². The Morgan fingerprint density at radius 1 is 1.00 bits per heavy atom. The zero-order chi connectivity index (χ0) is 26.4. The molecule has 0 radical (unpaired) electrons. The highest BCUT2D eigenvalue weighted by Gasteiger charge is 2.70. The molecule has 2 saturated carbocycles. The van der Waals surface area contributed by atoms with E-state index in [2.05, 4.69) is 28.1 Å². The van der Waals surface area contributed by atoms with Crippen LogP contribution < -0.4 is 4.74 Å². The molecule has 0 unspecified atom stereocenters. The van der Waals surface area contributed by atoms with Gasteiger partial charge in [0.05, 0.1) is 21.3 Å². The molecule has 0 aromatic heterocycles. The average molecular weight is 572 g/mol. The van der Waals surface area contributed by atoms with Crippen LogP contribution in [0.1, 0.15) is 54.7 Å². The molecule has 2 fully saturated rings. The standard InChI is InChI=1S/C30H35BrO6/c1-35-22-10-12-23-18(16-22)4-11-24-25-13-7-20(14-15-32)29(25,19-5-8-21(31)9-6-19)17-30(26(23)24,27(33)36-2)28(34)37-3/h5-6,8-10,12,16,20,24-26,32H,4,7,11,13-15,17H2,1-3H3/t20-,24+,25-,26+,29+/m1/s1. The SMILES string of the molecule is COC(=O)C1(C(=O)OC)C[C@]2(c3ccc(Br)cc3)[C@@H](CCO)CC[C@@H]2[C@@H]2CCc3cc(OC)ccc3[C@@H]21. The van der Waals surface area contributed by atoms with E-state index in [4.69, 9.17) is 14.2 Å². The molecule has 3 aliphatic rings. The Labute approximate surface area is 226 Å². The van der Waals surface area contributed by atoms with Crippen molar-refractivity contribution in [2.75, 3.05) is 27.9 Å². The van der Waals surface area contributed by atoms with Gasteiger partial charge in [0, 0.05) is 22.4 Å². The minimum absolute atomic E-state index is 0.0653. The second-order valence-electron chi connectivity index (χ2n) is 10.8. The first-order valence-electron chi connectivity index (χ1n) is 13.1. The van der Waals surface area contributed by atoms with Crippen LogP contribution in [-0.2, 0) is 30.9 Å². The third kappa shape index (κ3) is 3.84. The number of esters is 2. The van der Waals surface area contributed by atoms with Crippen molar-refractivity contribution in [3.05, 3.63) is 63.6 Å². The summed E-state index contributed by atoms with van der Waals surface area (Å²) in [4.78, 5) is 27.9. The molecule has 0 saturated heterocycles. The van der Waals surface area contributed by atoms with Crippen LogP contribution >= 0.6 is 15.9 Å². The van der Waals surface area contributed by atoms with Crippen LogP contribution in [0.3, 0.4) is 0 Å². The second-order valence-corrected chi connectivity index (χ2v) is 11.7. The first-order chi connectivity index (χ1) is 17.9. The molecule has 6 nitrogen and oxygen atoms in total. The largest absolute Gasteiger partial charge is 0.497 e. The number of rotatable bonds is 6. The van der Waals surface area contributed by atoms with E-state index in [1.165, 1.54) is 14.2 Å². The Hall–Kier alpha value is -2.38. The molecule has 1 N–H and O–H groups in total. The Balaban J connectivity index is 1.79. The summed E-state index contributed by atoms with van der Waals surface area (Å²) in [6.07, 6.45) is 4.56. The number of carbonyl (C=O) groups excluding carboxylic acids is 2. The van der Waals surface area contributed by atoms with Crippen LogP contribution in [0.4, 0.5) is 0 Å². The Kier molecular flexibility index (Phi) is 7.14. The molecule has 198 valence electrons. The summed E-state index contributed by atoms with van der Waals surface area (Å²) in [7, 11) is 4.36. The van der Waals surface area contributed by atoms with Crippen LogP contribution in [0, 0.1) is 23.2 Å². The van der Waals surface area contributed by atoms with E-state index in [0.29, 0.717) is 12.8 Å². The molecular weight excluding hydrogens is 536 g/mol. The summed E-state index contributed by atoms with van der Waals surface area (Å²) in [6, 6.07) is 14.3. The maximum atomic E-state index is 14.0. The Bertz CT molecular complexity index is 1160. The summed E-state index contributed by atoms with van der Waals surface area (Å²) in [5.41, 5.74) is 1.28. The highest BCUT2D eigenvalue weighted by molar-refractivity contribution is 9.10. The fourth-order valence-corrected chi connectivity index (χ4v) is 8.63. The highest BCUT2D eigenvalue weighted by Crippen LogP contribution is 2.70. The average Bonchev–Trinajstić information content (AvgIpc) is 3.30. The predicted octanol–water partition coefficient (Wildman–Crippen LogP) is 5.19. The van der Waals surface area contributed by atoms with Crippen molar-refractivity contribution in [3.8, 4) is 5.75 Å². The van der Waals surface area contributed by atoms with E-state index < -0.39 is 22.8 Å². The molecule has 2 aromatic carbocycles. The summed E-state index contributed by atoms with van der Waals surface area (Å²) in [6.45, 7) is 0.0653. The molecule has 0 aliphatic heterocycles. The van der Waals surface area contributed by atoms with Crippen molar-refractivity contribution < 1.29 is 28.9 Å². The van der Waals surface area contributed by atoms with Gasteiger partial charge in [0.15, 0.2) is 5.41 Å². The van der Waals surface area contributed by atoms with Gasteiger partial charge in [0.2, 0.25) is 0 Å². The van der Waals surface area contributed by atoms with Crippen molar-refractivity contribution in [1.29, 1.82) is 0 Å². The molecule has 2 aromatic rings. The summed E-state index contributed by atoms with van der Waals surface area (Å²) in [5, 5.41) is 10.1. The molecule has 0 bridgehead atoms. The number of methoxy groups -OCH3 is 3. The van der Waals surface area contributed by atoms with Crippen molar-refractivity contribution in [2.45, 2.75) is 49.9 Å². The second kappa shape index (κ2) is 10.1. The number of aliphatic hydroxyl groups is 1. The maximum Gasteiger partial charge on any atom is 0.323 e. The fraction of sp³-hybridized carbons (Fsp3) is 0.533. The number of hydrogen-bond acceptors (Lipinski definition) is 6. The molecule has 0 heterocycles. The molecule has 5 atom stereocenters. The Morgan fingerprint density at radius 2 is 1.70 bits per heavy atom. The van der Waals surface area contributed by atoms with Crippen LogP contribution in [0.25, 0.3) is 0 Å². The molecule has 37 heavy (non-hydrogen) atoms. The molecule has 0 spiro atoms. The van der Waals surface area contributed by atoms with E-state index in [1.54, 1.807) is 7.11 Å². The van der Waals surface area contributed by atoms with Gasteiger partial charge in [-0.25, -0.2) is 0 Å². The van der Waals surface area contributed by atoms with Crippen LogP contribution in [0.5, 0.6) is 5.75 Å². The van der Waals surface area contributed by atoms with E-state index in [-0.39, 0.29) is 30.3 Å². The number of hydrogen-bond donors (Lipinski definition) is 1. The third-order valence-electron chi connectivity index (χ3n) is 9.65. The summed E-state index contributed by atoms with van der Waals surface area (Å²) in [5.74, 6) is -0.194. The van der Waals surface area contributed by atoms with Crippen LogP contribution in [-0.4, -0.2) is 45.0 Å². The van der Waals surface area contributed by atoms with Gasteiger partial charge in [-0.3, -0.25) is 9.59 Å². The lowest BCUT2D eigenvalue weighted by Gasteiger charge is -2.58. The zero-order valence-corrected chi connectivity index (χ0v) is 23.3. The predicted molar refractivity (Wildman–Crippen MR) is 142 cm³/mol. The van der Waals surface area contributed by atoms with Crippen LogP contribution in [0.15, 0.2) is 46.9 Å². The van der Waals surface area contributed by atoms with Crippen molar-refractivity contribution >= 4 is 27.9 Å². The number of halogens is 1. The number of aliphatic hydroxyl groups excluding tert-OH is 1. The van der Waals surface area contributed by atoms with E-state index in [0.717, 1.165) is 52.6 Å². The number of carbonyl (C=O) groups is 2. The summed E-state index contributed by atoms with van der Waals surface area (Å²) < 4.78 is 17.4. The minimum Gasteiger partial charge on any atom is -0.497 e. The highest BCUT2D eigenvalue weighted by atomic mass is 79.9. The first kappa shape index (κ1) is 26.2. The molecule has 3 aliphatic carbocycles. The van der Waals surface area contributed by atoms with Crippen molar-refractivity contribution in [2.24, 2.45) is 23.2 Å². The number of ether oxygens (including phenoxy) is 3. The number of benzene rings is 2. The van der Waals surface area contributed by atoms with Gasteiger partial charge >= 0.3 is 11.9 Å². The molecule has 5 rings (SSSR count). The summed E-state index contributed by atoms with van der Waals surface area (Å²) >= 11 is 3.56. The minimum atomic E-state index is -1.50. The topological polar surface area (TPSA) is 82.1 Å². The van der Waals surface area contributed by atoms with Gasteiger partial charge in [-0.2, -0.15) is 0 Å². The Morgan fingerprint density at radius 3 is 2.32 bits per heavy atom. The van der Waals surface area contributed by atoms with Gasteiger partial charge in [0.25, 0.3) is 0 Å². The maximum absolute atomic E-state index is 14.0. The van der Waals surface area contributed by atoms with E-state index in [9.17, 15) is 14.7 Å². The molecule has 0 amide bonds. The number of aryl methyl sites for hydroxylation is 1. The smallest absolute Gasteiger partial charge is 0.323 e. The van der Waals surface area contributed by atoms with Crippen LogP contribution in [0.2, 0.25) is 0 Å². The third-order valence-corrected chi connectivity index (χ3v) is 10.2. The lowest BCUT2D eigenvalue weighted by molar-refractivity contribution is -0.182.